The Labute approximate surface area is 155 Å². The predicted octanol–water partition coefficient (Wildman–Crippen LogP) is 4.40. The molecule has 138 valence electrons. The van der Waals surface area contributed by atoms with Crippen LogP contribution in [0.5, 0.6) is 0 Å². The van der Waals surface area contributed by atoms with Crippen LogP contribution in [0.25, 0.3) is 0 Å². The summed E-state index contributed by atoms with van der Waals surface area (Å²) in [7, 11) is 0. The maximum Gasteiger partial charge on any atom is 0.343 e. The molecule has 26 heavy (non-hydrogen) atoms. The summed E-state index contributed by atoms with van der Waals surface area (Å²) in [6, 6.07) is 2.28. The molecular formula is C18H18ClF2N3O2. The number of fused-ring (bicyclic) bond motifs is 1. The van der Waals surface area contributed by atoms with Crippen molar-refractivity contribution in [2.45, 2.75) is 39.2 Å². The van der Waals surface area contributed by atoms with E-state index in [0.29, 0.717) is 17.8 Å². The van der Waals surface area contributed by atoms with Crippen molar-refractivity contribution in [2.24, 2.45) is 0 Å². The summed E-state index contributed by atoms with van der Waals surface area (Å²) >= 11 is 5.93. The van der Waals surface area contributed by atoms with Crippen molar-refractivity contribution >= 4 is 29.1 Å². The van der Waals surface area contributed by atoms with E-state index in [4.69, 9.17) is 16.3 Å². The van der Waals surface area contributed by atoms with Gasteiger partial charge in [-0.1, -0.05) is 13.8 Å². The number of carbonyl (C=O) groups is 1. The summed E-state index contributed by atoms with van der Waals surface area (Å²) in [4.78, 5) is 22.1. The molecule has 1 aromatic heterocycles. The van der Waals surface area contributed by atoms with E-state index >= 15 is 0 Å². The second kappa shape index (κ2) is 6.46. The molecule has 0 amide bonds. The first-order valence-electron chi connectivity index (χ1n) is 8.10. The van der Waals surface area contributed by atoms with Crippen LogP contribution in [0.1, 0.15) is 43.6 Å². The predicted molar refractivity (Wildman–Crippen MR) is 94.0 cm³/mol. The molecular weight excluding hydrogens is 364 g/mol. The molecule has 1 aliphatic rings. The zero-order valence-corrected chi connectivity index (χ0v) is 15.6. The lowest BCUT2D eigenvalue weighted by Crippen LogP contribution is -2.27. The zero-order chi connectivity index (χ0) is 19.2. The largest absolute Gasteiger partial charge is 0.459 e. The van der Waals surface area contributed by atoms with Crippen LogP contribution in [0.4, 0.5) is 20.3 Å². The number of hydrogen-bond donors (Lipinski definition) is 0. The van der Waals surface area contributed by atoms with Crippen LogP contribution in [0.2, 0.25) is 5.28 Å². The van der Waals surface area contributed by atoms with Crippen molar-refractivity contribution in [3.63, 3.8) is 0 Å². The second-order valence-corrected chi connectivity index (χ2v) is 7.42. The van der Waals surface area contributed by atoms with Gasteiger partial charge in [0.15, 0.2) is 17.5 Å². The number of aromatic nitrogens is 2. The van der Waals surface area contributed by atoms with Gasteiger partial charge in [-0.05, 0) is 37.1 Å². The summed E-state index contributed by atoms with van der Waals surface area (Å²) in [6.07, 6.45) is 0.945. The molecule has 0 aliphatic carbocycles. The van der Waals surface area contributed by atoms with Gasteiger partial charge in [0.2, 0.25) is 5.28 Å². The third-order valence-electron chi connectivity index (χ3n) is 4.17. The van der Waals surface area contributed by atoms with Gasteiger partial charge < -0.3 is 9.64 Å². The fraction of sp³-hybridized carbons (Fsp3) is 0.389. The topological polar surface area (TPSA) is 55.3 Å². The van der Waals surface area contributed by atoms with E-state index in [2.05, 4.69) is 9.97 Å². The van der Waals surface area contributed by atoms with E-state index in [1.807, 2.05) is 13.8 Å². The van der Waals surface area contributed by atoms with Gasteiger partial charge in [-0.15, -0.1) is 0 Å². The fourth-order valence-electron chi connectivity index (χ4n) is 3.04. The van der Waals surface area contributed by atoms with Crippen LogP contribution in [-0.2, 0) is 10.2 Å². The first kappa shape index (κ1) is 18.5. The maximum absolute atomic E-state index is 13.9. The highest BCUT2D eigenvalue weighted by molar-refractivity contribution is 6.28. The minimum atomic E-state index is -0.974. The van der Waals surface area contributed by atoms with Crippen molar-refractivity contribution in [2.75, 3.05) is 11.4 Å². The van der Waals surface area contributed by atoms with Crippen LogP contribution in [0.3, 0.4) is 0 Å². The van der Waals surface area contributed by atoms with Gasteiger partial charge in [0, 0.05) is 29.9 Å². The van der Waals surface area contributed by atoms with Crippen LogP contribution < -0.4 is 4.90 Å². The number of benzene rings is 1. The van der Waals surface area contributed by atoms with Gasteiger partial charge >= 0.3 is 5.97 Å². The minimum absolute atomic E-state index is 0.0602. The maximum atomic E-state index is 13.9. The van der Waals surface area contributed by atoms with Crippen LogP contribution in [0.15, 0.2) is 18.3 Å². The number of ether oxygens (including phenoxy) is 1. The number of hydrogen-bond acceptors (Lipinski definition) is 5. The Bertz CT molecular complexity index is 887. The summed E-state index contributed by atoms with van der Waals surface area (Å²) in [6.45, 7) is 7.61. The third-order valence-corrected chi connectivity index (χ3v) is 4.35. The minimum Gasteiger partial charge on any atom is -0.459 e. The molecule has 0 N–H and O–H groups in total. The Hall–Kier alpha value is -2.28. The third kappa shape index (κ3) is 3.23. The number of halogens is 3. The molecule has 0 radical (unpaired) electrons. The number of rotatable bonds is 3. The molecule has 1 aromatic carbocycles. The summed E-state index contributed by atoms with van der Waals surface area (Å²) < 4.78 is 32.9. The smallest absolute Gasteiger partial charge is 0.343 e. The normalized spacial score (nSPS) is 15.3. The van der Waals surface area contributed by atoms with E-state index in [9.17, 15) is 13.6 Å². The van der Waals surface area contributed by atoms with Crippen molar-refractivity contribution in [1.82, 2.24) is 9.97 Å². The lowest BCUT2D eigenvalue weighted by atomic mass is 9.87. The Morgan fingerprint density at radius 2 is 1.96 bits per heavy atom. The summed E-state index contributed by atoms with van der Waals surface area (Å²) in [5.74, 6) is -2.30. The number of nitrogens with zero attached hydrogens (tertiary/aromatic N) is 3. The average Bonchev–Trinajstić information content (AvgIpc) is 2.78. The molecule has 1 aliphatic heterocycles. The van der Waals surface area contributed by atoms with E-state index in [-0.39, 0.29) is 22.8 Å². The van der Waals surface area contributed by atoms with Crippen molar-refractivity contribution in [3.8, 4) is 0 Å². The highest BCUT2D eigenvalue weighted by Crippen LogP contribution is 2.45. The SMILES string of the molecule is CC(C)OC(=O)c1cnc(Cl)nc1N1CC(C)(C)c2cc(F)c(F)cc21. The van der Waals surface area contributed by atoms with E-state index < -0.39 is 23.0 Å². The van der Waals surface area contributed by atoms with E-state index in [0.717, 1.165) is 6.07 Å². The van der Waals surface area contributed by atoms with E-state index in [1.54, 1.807) is 18.7 Å². The number of esters is 1. The Balaban J connectivity index is 2.16. The first-order chi connectivity index (χ1) is 12.1. The molecule has 0 unspecified atom stereocenters. The quantitative estimate of drug-likeness (QED) is 0.582. The fourth-order valence-corrected chi connectivity index (χ4v) is 3.16. The lowest BCUT2D eigenvalue weighted by Gasteiger charge is -2.23. The highest BCUT2D eigenvalue weighted by atomic mass is 35.5. The van der Waals surface area contributed by atoms with Gasteiger partial charge in [0.05, 0.1) is 6.10 Å². The highest BCUT2D eigenvalue weighted by Gasteiger charge is 2.39. The molecule has 0 fully saturated rings. The Morgan fingerprint density at radius 3 is 2.62 bits per heavy atom. The Kier molecular flexibility index (Phi) is 4.60. The van der Waals surface area contributed by atoms with Crippen molar-refractivity contribution in [1.29, 1.82) is 0 Å². The molecule has 0 atom stereocenters. The first-order valence-corrected chi connectivity index (χ1v) is 8.48. The van der Waals surface area contributed by atoms with Gasteiger partial charge in [0.1, 0.15) is 5.56 Å². The zero-order valence-electron chi connectivity index (χ0n) is 14.8. The van der Waals surface area contributed by atoms with Gasteiger partial charge in [-0.2, -0.15) is 4.98 Å². The van der Waals surface area contributed by atoms with Crippen LogP contribution in [0, 0.1) is 11.6 Å². The summed E-state index contributed by atoms with van der Waals surface area (Å²) in [5, 5.41) is -0.0602. The summed E-state index contributed by atoms with van der Waals surface area (Å²) in [5.41, 5.74) is 0.675. The number of carbonyl (C=O) groups excluding carboxylic acids is 1. The van der Waals surface area contributed by atoms with Crippen molar-refractivity contribution < 1.29 is 18.3 Å². The molecule has 0 saturated heterocycles. The molecule has 3 rings (SSSR count). The molecule has 5 nitrogen and oxygen atoms in total. The van der Waals surface area contributed by atoms with Crippen LogP contribution >= 0.6 is 11.6 Å². The molecule has 0 bridgehead atoms. The molecule has 8 heteroatoms. The van der Waals surface area contributed by atoms with Gasteiger partial charge in [-0.25, -0.2) is 18.6 Å². The van der Waals surface area contributed by atoms with Gasteiger partial charge in [0.25, 0.3) is 0 Å². The van der Waals surface area contributed by atoms with Gasteiger partial charge in [-0.3, -0.25) is 0 Å². The lowest BCUT2D eigenvalue weighted by molar-refractivity contribution is 0.0378. The second-order valence-electron chi connectivity index (χ2n) is 7.08. The molecule has 2 heterocycles. The molecule has 0 spiro atoms. The molecule has 0 saturated carbocycles. The van der Waals surface area contributed by atoms with Crippen LogP contribution in [-0.4, -0.2) is 28.6 Å². The standard InChI is InChI=1S/C18H18ClF2N3O2/c1-9(2)26-16(25)10-7-22-17(19)23-15(10)24-8-18(3,4)11-5-12(20)13(21)6-14(11)24/h5-7,9H,8H2,1-4H3. The molecule has 2 aromatic rings. The van der Waals surface area contributed by atoms with Crippen molar-refractivity contribution in [3.05, 3.63) is 46.4 Å². The number of anilines is 2. The monoisotopic (exact) mass is 381 g/mol. The van der Waals surface area contributed by atoms with E-state index in [1.165, 1.54) is 12.3 Å². The Morgan fingerprint density at radius 1 is 1.31 bits per heavy atom. The average molecular weight is 382 g/mol.